The third-order valence-electron chi connectivity index (χ3n) is 5.68. The van der Waals surface area contributed by atoms with Crippen molar-refractivity contribution in [2.24, 2.45) is 5.41 Å². The molecule has 0 radical (unpaired) electrons. The first kappa shape index (κ1) is 17.5. The number of rotatable bonds is 4. The van der Waals surface area contributed by atoms with Crippen LogP contribution < -0.4 is 0 Å². The van der Waals surface area contributed by atoms with Crippen molar-refractivity contribution in [3.05, 3.63) is 34.9 Å². The van der Waals surface area contributed by atoms with E-state index in [1.807, 2.05) is 0 Å². The highest BCUT2D eigenvalue weighted by molar-refractivity contribution is 5.76. The van der Waals surface area contributed by atoms with Gasteiger partial charge in [-0.05, 0) is 51.6 Å². The average Bonchev–Trinajstić information content (AvgIpc) is 2.88. The largest absolute Gasteiger partial charge is 0.342 e. The Hall–Kier alpha value is -1.35. The summed E-state index contributed by atoms with van der Waals surface area (Å²) in [7, 11) is 0. The molecule has 2 heterocycles. The molecule has 2 aliphatic heterocycles. The van der Waals surface area contributed by atoms with Crippen LogP contribution in [0.2, 0.25) is 0 Å². The summed E-state index contributed by atoms with van der Waals surface area (Å²) in [5.74, 6) is 0.365. The standard InChI is InChI=1S/C21H32N2O/c1-4-6-20(24)23-9-5-7-21(16-23)8-10-22(15-21)14-19-12-17(2)11-18(3)13-19/h11-13H,4-10,14-16H2,1-3H3. The maximum absolute atomic E-state index is 12.3. The molecule has 24 heavy (non-hydrogen) atoms. The fraction of sp³-hybridized carbons (Fsp3) is 0.667. The SMILES string of the molecule is CCCC(=O)N1CCCC2(CCN(Cc3cc(C)cc(C)c3)C2)C1. The van der Waals surface area contributed by atoms with Crippen molar-refractivity contribution in [3.8, 4) is 0 Å². The van der Waals surface area contributed by atoms with Gasteiger partial charge in [0, 0.05) is 38.0 Å². The Kier molecular flexibility index (Phi) is 5.29. The van der Waals surface area contributed by atoms with Crippen molar-refractivity contribution in [1.82, 2.24) is 9.80 Å². The average molecular weight is 329 g/mol. The molecule has 0 aromatic heterocycles. The highest BCUT2D eigenvalue weighted by Crippen LogP contribution is 2.39. The van der Waals surface area contributed by atoms with Crippen LogP contribution in [0.5, 0.6) is 0 Å². The predicted molar refractivity (Wildman–Crippen MR) is 99.0 cm³/mol. The molecule has 1 aromatic rings. The highest BCUT2D eigenvalue weighted by atomic mass is 16.2. The summed E-state index contributed by atoms with van der Waals surface area (Å²) < 4.78 is 0. The zero-order valence-corrected chi connectivity index (χ0v) is 15.6. The lowest BCUT2D eigenvalue weighted by atomic mass is 9.79. The second-order valence-electron chi connectivity index (χ2n) is 8.13. The van der Waals surface area contributed by atoms with Crippen LogP contribution in [-0.2, 0) is 11.3 Å². The van der Waals surface area contributed by atoms with Crippen LogP contribution in [0.15, 0.2) is 18.2 Å². The summed E-state index contributed by atoms with van der Waals surface area (Å²) in [6, 6.07) is 6.87. The van der Waals surface area contributed by atoms with Gasteiger partial charge < -0.3 is 4.90 Å². The van der Waals surface area contributed by atoms with Gasteiger partial charge in [-0.25, -0.2) is 0 Å². The maximum Gasteiger partial charge on any atom is 0.222 e. The van der Waals surface area contributed by atoms with Crippen molar-refractivity contribution in [1.29, 1.82) is 0 Å². The molecule has 1 atom stereocenters. The molecule has 3 heteroatoms. The Morgan fingerprint density at radius 1 is 1.08 bits per heavy atom. The van der Waals surface area contributed by atoms with E-state index in [0.29, 0.717) is 17.7 Å². The van der Waals surface area contributed by atoms with Gasteiger partial charge in [0.25, 0.3) is 0 Å². The van der Waals surface area contributed by atoms with Crippen molar-refractivity contribution >= 4 is 5.91 Å². The molecular formula is C21H32N2O. The third kappa shape index (κ3) is 4.00. The minimum absolute atomic E-state index is 0.348. The van der Waals surface area contributed by atoms with E-state index >= 15 is 0 Å². The Labute approximate surface area is 147 Å². The molecule has 2 aliphatic rings. The molecule has 2 saturated heterocycles. The molecule has 0 bridgehead atoms. The normalized spacial score (nSPS) is 24.7. The van der Waals surface area contributed by atoms with Crippen LogP contribution in [0.25, 0.3) is 0 Å². The van der Waals surface area contributed by atoms with E-state index in [9.17, 15) is 4.79 Å². The minimum atomic E-state index is 0.348. The number of carbonyl (C=O) groups excluding carboxylic acids is 1. The maximum atomic E-state index is 12.3. The zero-order valence-electron chi connectivity index (χ0n) is 15.6. The van der Waals surface area contributed by atoms with Gasteiger partial charge in [-0.2, -0.15) is 0 Å². The van der Waals surface area contributed by atoms with Crippen LogP contribution >= 0.6 is 0 Å². The fourth-order valence-corrected chi connectivity index (χ4v) is 4.71. The number of amides is 1. The summed E-state index contributed by atoms with van der Waals surface area (Å²) in [6.07, 6.45) is 5.37. The van der Waals surface area contributed by atoms with Gasteiger partial charge in [0.2, 0.25) is 5.91 Å². The molecule has 132 valence electrons. The van der Waals surface area contributed by atoms with E-state index in [-0.39, 0.29) is 0 Å². The summed E-state index contributed by atoms with van der Waals surface area (Å²) in [5.41, 5.74) is 4.49. The fourth-order valence-electron chi connectivity index (χ4n) is 4.71. The quantitative estimate of drug-likeness (QED) is 0.836. The number of benzene rings is 1. The van der Waals surface area contributed by atoms with E-state index in [1.54, 1.807) is 0 Å². The van der Waals surface area contributed by atoms with Crippen LogP contribution in [0.3, 0.4) is 0 Å². The zero-order chi connectivity index (χ0) is 17.2. The number of hydrogen-bond donors (Lipinski definition) is 0. The lowest BCUT2D eigenvalue weighted by Gasteiger charge is -2.40. The van der Waals surface area contributed by atoms with Crippen LogP contribution in [-0.4, -0.2) is 41.9 Å². The van der Waals surface area contributed by atoms with Crippen LogP contribution in [0.4, 0.5) is 0 Å². The van der Waals surface area contributed by atoms with Crippen molar-refractivity contribution in [2.75, 3.05) is 26.2 Å². The van der Waals surface area contributed by atoms with Crippen molar-refractivity contribution in [3.63, 3.8) is 0 Å². The van der Waals surface area contributed by atoms with Gasteiger partial charge in [-0.1, -0.05) is 36.2 Å². The topological polar surface area (TPSA) is 23.6 Å². The van der Waals surface area contributed by atoms with Gasteiger partial charge in [-0.3, -0.25) is 9.69 Å². The minimum Gasteiger partial charge on any atom is -0.342 e. The first-order valence-corrected chi connectivity index (χ1v) is 9.57. The van der Waals surface area contributed by atoms with Crippen molar-refractivity contribution in [2.45, 2.75) is 59.4 Å². The molecule has 1 unspecified atom stereocenters. The van der Waals surface area contributed by atoms with Gasteiger partial charge in [-0.15, -0.1) is 0 Å². The summed E-state index contributed by atoms with van der Waals surface area (Å²) >= 11 is 0. The number of carbonyl (C=O) groups is 1. The molecule has 0 aliphatic carbocycles. The van der Waals surface area contributed by atoms with E-state index in [2.05, 4.69) is 48.8 Å². The molecule has 1 aromatic carbocycles. The molecule has 3 rings (SSSR count). The molecule has 2 fully saturated rings. The van der Waals surface area contributed by atoms with E-state index in [4.69, 9.17) is 0 Å². The second kappa shape index (κ2) is 7.26. The van der Waals surface area contributed by atoms with Gasteiger partial charge in [0.1, 0.15) is 0 Å². The number of nitrogens with zero attached hydrogens (tertiary/aromatic N) is 2. The summed E-state index contributed by atoms with van der Waals surface area (Å²) in [6.45, 7) is 11.8. The van der Waals surface area contributed by atoms with E-state index < -0.39 is 0 Å². The Balaban J connectivity index is 1.62. The van der Waals surface area contributed by atoms with Gasteiger partial charge >= 0.3 is 0 Å². The first-order chi connectivity index (χ1) is 11.5. The molecule has 3 nitrogen and oxygen atoms in total. The predicted octanol–water partition coefficient (Wildman–Crippen LogP) is 3.92. The number of likely N-dealkylation sites (tertiary alicyclic amines) is 2. The molecule has 0 saturated carbocycles. The van der Waals surface area contributed by atoms with E-state index in [0.717, 1.165) is 32.6 Å². The number of piperidine rings is 1. The highest BCUT2D eigenvalue weighted by Gasteiger charge is 2.42. The number of aryl methyl sites for hydroxylation is 2. The van der Waals surface area contributed by atoms with Crippen LogP contribution in [0, 0.1) is 19.3 Å². The smallest absolute Gasteiger partial charge is 0.222 e. The van der Waals surface area contributed by atoms with Crippen LogP contribution in [0.1, 0.15) is 55.7 Å². The molecule has 0 N–H and O–H groups in total. The Morgan fingerprint density at radius 3 is 2.54 bits per heavy atom. The van der Waals surface area contributed by atoms with Gasteiger partial charge in [0.15, 0.2) is 0 Å². The Morgan fingerprint density at radius 2 is 1.83 bits per heavy atom. The molecular weight excluding hydrogens is 296 g/mol. The first-order valence-electron chi connectivity index (χ1n) is 9.57. The monoisotopic (exact) mass is 328 g/mol. The molecule has 1 amide bonds. The molecule has 1 spiro atoms. The lowest BCUT2D eigenvalue weighted by Crippen LogP contribution is -2.47. The third-order valence-corrected chi connectivity index (χ3v) is 5.68. The summed E-state index contributed by atoms with van der Waals surface area (Å²) in [4.78, 5) is 17.0. The second-order valence-corrected chi connectivity index (χ2v) is 8.13. The lowest BCUT2D eigenvalue weighted by molar-refractivity contribution is -0.134. The van der Waals surface area contributed by atoms with E-state index in [1.165, 1.54) is 42.5 Å². The Bertz CT molecular complexity index is 577. The van der Waals surface area contributed by atoms with Crippen molar-refractivity contribution < 1.29 is 4.79 Å². The summed E-state index contributed by atoms with van der Waals surface area (Å²) in [5, 5.41) is 0. The van der Waals surface area contributed by atoms with Gasteiger partial charge in [0.05, 0.1) is 0 Å². The number of hydrogen-bond acceptors (Lipinski definition) is 2.